The van der Waals surface area contributed by atoms with E-state index in [0.29, 0.717) is 6.61 Å². The van der Waals surface area contributed by atoms with Crippen LogP contribution in [0.4, 0.5) is 0 Å². The van der Waals surface area contributed by atoms with E-state index in [1.807, 2.05) is 85.8 Å². The zero-order chi connectivity index (χ0) is 19.1. The van der Waals surface area contributed by atoms with Gasteiger partial charge in [0, 0.05) is 11.3 Å². The molecule has 2 unspecified atom stereocenters. The van der Waals surface area contributed by atoms with Crippen LogP contribution in [0.3, 0.4) is 0 Å². The lowest BCUT2D eigenvalue weighted by molar-refractivity contribution is 0.324. The van der Waals surface area contributed by atoms with Crippen LogP contribution in [-0.2, 0) is 9.09 Å². The maximum absolute atomic E-state index is 14.2. The van der Waals surface area contributed by atoms with Gasteiger partial charge in [0.2, 0.25) is 0 Å². The van der Waals surface area contributed by atoms with Crippen molar-refractivity contribution in [3.8, 4) is 0 Å². The highest BCUT2D eigenvalue weighted by Gasteiger charge is 2.38. The third-order valence-corrected chi connectivity index (χ3v) is 7.39. The molecule has 0 aliphatic heterocycles. The highest BCUT2D eigenvalue weighted by molar-refractivity contribution is 7.67. The van der Waals surface area contributed by atoms with Gasteiger partial charge in [-0.1, -0.05) is 78.9 Å². The summed E-state index contributed by atoms with van der Waals surface area (Å²) in [7, 11) is -3.19. The number of rotatable bonds is 8. The second kappa shape index (κ2) is 9.14. The second-order valence-corrected chi connectivity index (χ2v) is 8.95. The van der Waals surface area contributed by atoms with E-state index in [9.17, 15) is 4.57 Å². The summed E-state index contributed by atoms with van der Waals surface area (Å²) < 4.78 is 20.2. The maximum atomic E-state index is 14.2. The highest BCUT2D eigenvalue weighted by Crippen LogP contribution is 2.58. The van der Waals surface area contributed by atoms with Gasteiger partial charge in [-0.25, -0.2) is 0 Å². The van der Waals surface area contributed by atoms with Crippen LogP contribution in [0.25, 0.3) is 0 Å². The van der Waals surface area contributed by atoms with Crippen molar-refractivity contribution in [1.29, 1.82) is 0 Å². The topological polar surface area (TPSA) is 38.3 Å². The molecule has 0 aromatic heterocycles. The molecule has 0 heterocycles. The van der Waals surface area contributed by atoms with E-state index >= 15 is 0 Å². The van der Waals surface area contributed by atoms with E-state index in [4.69, 9.17) is 4.52 Å². The molecule has 0 saturated heterocycles. The molecule has 3 atom stereocenters. The van der Waals surface area contributed by atoms with Crippen molar-refractivity contribution in [2.24, 2.45) is 0 Å². The minimum Gasteiger partial charge on any atom is -0.324 e. The summed E-state index contributed by atoms with van der Waals surface area (Å²) in [5.74, 6) is -0.434. The first-order valence-corrected chi connectivity index (χ1v) is 11.0. The fourth-order valence-corrected chi connectivity index (χ4v) is 5.78. The number of hydrogen-bond acceptors (Lipinski definition) is 3. The van der Waals surface area contributed by atoms with Crippen LogP contribution in [0.15, 0.2) is 91.0 Å². The van der Waals surface area contributed by atoms with Gasteiger partial charge in [-0.15, -0.1) is 0 Å². The molecule has 3 nitrogen and oxygen atoms in total. The van der Waals surface area contributed by atoms with Gasteiger partial charge in [-0.2, -0.15) is 0 Å². The summed E-state index contributed by atoms with van der Waals surface area (Å²) in [6, 6.07) is 29.7. The van der Waals surface area contributed by atoms with Crippen LogP contribution in [0.1, 0.15) is 36.8 Å². The van der Waals surface area contributed by atoms with Crippen molar-refractivity contribution in [2.75, 3.05) is 6.61 Å². The van der Waals surface area contributed by atoms with Crippen LogP contribution in [0.2, 0.25) is 0 Å². The molecule has 0 fully saturated rings. The predicted octanol–water partition coefficient (Wildman–Crippen LogP) is 5.68. The number of nitrogens with one attached hydrogen (secondary N) is 1. The van der Waals surface area contributed by atoms with Crippen LogP contribution >= 0.6 is 7.37 Å². The molecule has 3 aromatic rings. The van der Waals surface area contributed by atoms with E-state index in [1.165, 1.54) is 0 Å². The largest absolute Gasteiger partial charge is 0.324 e. The Labute approximate surface area is 161 Å². The minimum absolute atomic E-state index is 0.0221. The first kappa shape index (κ1) is 19.6. The van der Waals surface area contributed by atoms with Crippen LogP contribution < -0.4 is 10.6 Å². The summed E-state index contributed by atoms with van der Waals surface area (Å²) in [6.07, 6.45) is 0. The quantitative estimate of drug-likeness (QED) is 0.512. The Morgan fingerprint density at radius 3 is 1.81 bits per heavy atom. The van der Waals surface area contributed by atoms with E-state index in [2.05, 4.69) is 24.4 Å². The first-order valence-electron chi connectivity index (χ1n) is 9.31. The Hall–Kier alpha value is -2.19. The van der Waals surface area contributed by atoms with Crippen molar-refractivity contribution in [1.82, 2.24) is 5.32 Å². The fourth-order valence-electron chi connectivity index (χ4n) is 3.23. The molecule has 0 amide bonds. The Kier molecular flexibility index (Phi) is 6.63. The summed E-state index contributed by atoms with van der Waals surface area (Å²) in [5, 5.41) is 4.32. The Bertz CT molecular complexity index is 869. The van der Waals surface area contributed by atoms with Crippen LogP contribution in [0.5, 0.6) is 0 Å². The van der Waals surface area contributed by atoms with Gasteiger partial charge in [-0.05, 0) is 37.1 Å². The zero-order valence-corrected chi connectivity index (χ0v) is 16.7. The molecule has 0 aliphatic carbocycles. The maximum Gasteiger partial charge on any atom is 0.252 e. The smallest absolute Gasteiger partial charge is 0.252 e. The molecule has 0 saturated carbocycles. The van der Waals surface area contributed by atoms with Gasteiger partial charge in [0.25, 0.3) is 7.37 Å². The average molecular weight is 379 g/mol. The summed E-state index contributed by atoms with van der Waals surface area (Å²) in [6.45, 7) is 4.36. The molecule has 27 heavy (non-hydrogen) atoms. The van der Waals surface area contributed by atoms with Crippen LogP contribution in [0, 0.1) is 0 Å². The first-order chi connectivity index (χ1) is 13.1. The fraction of sp³-hybridized carbons (Fsp3) is 0.217. The summed E-state index contributed by atoms with van der Waals surface area (Å²) in [4.78, 5) is 0. The summed E-state index contributed by atoms with van der Waals surface area (Å²) in [5.41, 5.74) is 2.11. The predicted molar refractivity (Wildman–Crippen MR) is 112 cm³/mol. The van der Waals surface area contributed by atoms with Gasteiger partial charge < -0.3 is 4.52 Å². The molecule has 4 heteroatoms. The van der Waals surface area contributed by atoms with Crippen molar-refractivity contribution in [3.05, 3.63) is 102 Å². The molecule has 1 N–H and O–H groups in total. The van der Waals surface area contributed by atoms with Gasteiger partial charge in [0.05, 0.1) is 6.61 Å². The molecule has 3 rings (SSSR count). The minimum atomic E-state index is -3.19. The van der Waals surface area contributed by atoms with Crippen molar-refractivity contribution in [2.45, 2.75) is 25.7 Å². The number of benzene rings is 3. The van der Waals surface area contributed by atoms with Gasteiger partial charge in [-0.3, -0.25) is 9.88 Å². The third kappa shape index (κ3) is 4.56. The SMILES string of the molecule is CCOP(=O)(c1ccccc1)C(N[C@@H](C)c1ccccc1)c1ccccc1. The zero-order valence-electron chi connectivity index (χ0n) is 15.8. The Balaban J connectivity index is 2.04. The lowest BCUT2D eigenvalue weighted by Crippen LogP contribution is -2.29. The van der Waals surface area contributed by atoms with Crippen molar-refractivity contribution >= 4 is 12.7 Å². The molecule has 0 spiro atoms. The van der Waals surface area contributed by atoms with Gasteiger partial charge in [0.1, 0.15) is 5.78 Å². The van der Waals surface area contributed by atoms with E-state index in [1.54, 1.807) is 0 Å². The molecule has 0 bridgehead atoms. The molecule has 0 aliphatic rings. The monoisotopic (exact) mass is 379 g/mol. The Morgan fingerprint density at radius 1 is 0.815 bits per heavy atom. The standard InChI is InChI=1S/C23H26NO2P/c1-3-26-27(25,22-17-11-6-12-18-22)23(21-15-9-5-10-16-21)24-19(2)20-13-7-4-8-14-20/h4-19,23-24H,3H2,1-2H3/t19-,23?,27?/m0/s1. The van der Waals surface area contributed by atoms with Gasteiger partial charge >= 0.3 is 0 Å². The summed E-state index contributed by atoms with van der Waals surface area (Å²) >= 11 is 0. The van der Waals surface area contributed by atoms with Crippen molar-refractivity contribution < 1.29 is 9.09 Å². The van der Waals surface area contributed by atoms with Gasteiger partial charge in [0.15, 0.2) is 0 Å². The average Bonchev–Trinajstić information content (AvgIpc) is 2.74. The van der Waals surface area contributed by atoms with E-state index in [0.717, 1.165) is 16.4 Å². The van der Waals surface area contributed by atoms with Crippen molar-refractivity contribution in [3.63, 3.8) is 0 Å². The molecule has 3 aromatic carbocycles. The lowest BCUT2D eigenvalue weighted by atomic mass is 10.1. The highest BCUT2D eigenvalue weighted by atomic mass is 31.2. The molecule has 0 radical (unpaired) electrons. The third-order valence-electron chi connectivity index (χ3n) is 4.60. The normalized spacial score (nSPS) is 15.6. The number of hydrogen-bond donors (Lipinski definition) is 1. The molecular weight excluding hydrogens is 353 g/mol. The second-order valence-electron chi connectivity index (χ2n) is 6.46. The van der Waals surface area contributed by atoms with E-state index in [-0.39, 0.29) is 6.04 Å². The lowest BCUT2D eigenvalue weighted by Gasteiger charge is -2.31. The molecule has 140 valence electrons. The van der Waals surface area contributed by atoms with Crippen LogP contribution in [-0.4, -0.2) is 6.61 Å². The van der Waals surface area contributed by atoms with E-state index < -0.39 is 13.2 Å². The Morgan fingerprint density at radius 2 is 1.30 bits per heavy atom. The molecular formula is C23H26NO2P.